The molecule has 3 N–H and O–H groups in total. The van der Waals surface area contributed by atoms with Crippen LogP contribution in [0.5, 0.6) is 0 Å². The van der Waals surface area contributed by atoms with Crippen LogP contribution in [0.1, 0.15) is 18.4 Å². The van der Waals surface area contributed by atoms with Crippen LogP contribution in [0.15, 0.2) is 58.7 Å². The lowest BCUT2D eigenvalue weighted by atomic mass is 9.96. The first-order valence-electron chi connectivity index (χ1n) is 9.05. The fraction of sp³-hybridized carbons (Fsp3) is 0.368. The summed E-state index contributed by atoms with van der Waals surface area (Å²) in [5.74, 6) is 0.343. The summed E-state index contributed by atoms with van der Waals surface area (Å²) in [6.07, 6.45) is 4.81. The largest absolute Gasteiger partial charge is 0.356 e. The van der Waals surface area contributed by atoms with Crippen LogP contribution in [0.25, 0.3) is 0 Å². The van der Waals surface area contributed by atoms with E-state index in [1.54, 1.807) is 25.2 Å². The normalized spacial score (nSPS) is 15.3. The van der Waals surface area contributed by atoms with Crippen LogP contribution in [-0.2, 0) is 15.4 Å². The van der Waals surface area contributed by atoms with Gasteiger partial charge in [0.1, 0.15) is 10.7 Å². The Morgan fingerprint density at radius 2 is 2.00 bits per heavy atom. The van der Waals surface area contributed by atoms with Crippen molar-refractivity contribution in [1.82, 2.24) is 20.3 Å². The first-order chi connectivity index (χ1) is 13.5. The van der Waals surface area contributed by atoms with E-state index < -0.39 is 10.0 Å². The van der Waals surface area contributed by atoms with Crippen LogP contribution < -0.4 is 15.4 Å². The van der Waals surface area contributed by atoms with Crippen molar-refractivity contribution < 1.29 is 12.8 Å². The Hall–Kier alpha value is -1.79. The lowest BCUT2D eigenvalue weighted by molar-refractivity contribution is 0.579. The minimum atomic E-state index is -3.58. The average molecular weight is 533 g/mol. The fourth-order valence-electron chi connectivity index (χ4n) is 2.97. The van der Waals surface area contributed by atoms with E-state index in [0.29, 0.717) is 19.0 Å². The molecule has 3 rings (SSSR count). The van der Waals surface area contributed by atoms with E-state index in [2.05, 4.69) is 25.3 Å². The zero-order valence-corrected chi connectivity index (χ0v) is 19.2. The van der Waals surface area contributed by atoms with Crippen molar-refractivity contribution in [1.29, 1.82) is 0 Å². The summed E-state index contributed by atoms with van der Waals surface area (Å²) in [6, 6.07) is 9.77. The minimum Gasteiger partial charge on any atom is -0.356 e. The Labute approximate surface area is 187 Å². The van der Waals surface area contributed by atoms with Gasteiger partial charge in [0.2, 0.25) is 10.0 Å². The first-order valence-corrected chi connectivity index (χ1v) is 10.5. The molecule has 1 aliphatic rings. The molecule has 0 atom stereocenters. The van der Waals surface area contributed by atoms with Crippen LogP contribution in [-0.4, -0.2) is 46.0 Å². The highest BCUT2D eigenvalue weighted by Crippen LogP contribution is 2.47. The molecule has 29 heavy (non-hydrogen) atoms. The molecule has 0 saturated heterocycles. The number of aliphatic imine (C=N–C) groups is 1. The van der Waals surface area contributed by atoms with Gasteiger partial charge in [0.25, 0.3) is 0 Å². The van der Waals surface area contributed by atoms with Gasteiger partial charge in [0.05, 0.1) is 0 Å². The molecule has 0 radical (unpaired) electrons. The number of nitrogens with one attached hydrogen (secondary N) is 3. The second-order valence-corrected chi connectivity index (χ2v) is 8.50. The maximum Gasteiger partial charge on any atom is 0.242 e. The monoisotopic (exact) mass is 533 g/mol. The number of sulfonamides is 1. The summed E-state index contributed by atoms with van der Waals surface area (Å²) in [5, 5.41) is 6.33. The Kier molecular flexibility index (Phi) is 8.34. The second kappa shape index (κ2) is 10.3. The predicted octanol–water partition coefficient (Wildman–Crippen LogP) is 2.01. The summed E-state index contributed by atoms with van der Waals surface area (Å²) in [5.41, 5.74) is 0.918. The van der Waals surface area contributed by atoms with Gasteiger partial charge >= 0.3 is 0 Å². The molecule has 0 bridgehead atoms. The molecule has 1 aliphatic carbocycles. The number of pyridine rings is 1. The van der Waals surface area contributed by atoms with Crippen LogP contribution >= 0.6 is 24.0 Å². The summed E-state index contributed by atoms with van der Waals surface area (Å²) in [7, 11) is -1.93. The van der Waals surface area contributed by atoms with Gasteiger partial charge in [-0.1, -0.05) is 12.1 Å². The highest BCUT2D eigenvalue weighted by atomic mass is 127. The van der Waals surface area contributed by atoms with Gasteiger partial charge < -0.3 is 10.6 Å². The summed E-state index contributed by atoms with van der Waals surface area (Å²) in [4.78, 5) is 8.10. The quantitative estimate of drug-likeness (QED) is 0.209. The molecule has 10 heteroatoms. The molecule has 0 spiro atoms. The molecule has 1 heterocycles. The van der Waals surface area contributed by atoms with E-state index in [-0.39, 0.29) is 46.6 Å². The van der Waals surface area contributed by atoms with Crippen molar-refractivity contribution in [2.75, 3.05) is 26.7 Å². The third kappa shape index (κ3) is 6.34. The van der Waals surface area contributed by atoms with E-state index in [0.717, 1.165) is 18.4 Å². The van der Waals surface area contributed by atoms with Crippen LogP contribution in [0.2, 0.25) is 0 Å². The number of hydrogen-bond donors (Lipinski definition) is 3. The molecular weight excluding hydrogens is 508 g/mol. The molecule has 158 valence electrons. The zero-order chi connectivity index (χ0) is 20.0. The number of aromatic nitrogens is 1. The van der Waals surface area contributed by atoms with Gasteiger partial charge in [-0.05, 0) is 42.7 Å². The van der Waals surface area contributed by atoms with Gasteiger partial charge in [-0.2, -0.15) is 0 Å². The van der Waals surface area contributed by atoms with Crippen molar-refractivity contribution in [3.05, 3.63) is 60.2 Å². The third-order valence-corrected chi connectivity index (χ3v) is 6.21. The van der Waals surface area contributed by atoms with Gasteiger partial charge in [-0.25, -0.2) is 17.5 Å². The van der Waals surface area contributed by atoms with E-state index >= 15 is 0 Å². The SMILES string of the molecule is CN=C(NCCNS(=O)(=O)c1cccnc1)NCC1(c2cccc(F)c2)CC1.I. The highest BCUT2D eigenvalue weighted by Gasteiger charge is 2.44. The standard InChI is InChI=1S/C19H24FN5O2S.HI/c1-21-18(23-10-11-25-28(26,27)17-6-3-9-22-13-17)24-14-19(7-8-19)15-4-2-5-16(20)12-15;/h2-6,9,12-13,25H,7-8,10-11,14H2,1H3,(H2,21,23,24);1H. The van der Waals surface area contributed by atoms with Crippen molar-refractivity contribution in [3.8, 4) is 0 Å². The Balaban J connectivity index is 0.00000300. The van der Waals surface area contributed by atoms with E-state index in [4.69, 9.17) is 0 Å². The van der Waals surface area contributed by atoms with Gasteiger partial charge in [0.15, 0.2) is 5.96 Å². The topological polar surface area (TPSA) is 95.5 Å². The summed E-state index contributed by atoms with van der Waals surface area (Å²) in [6.45, 7) is 1.20. The van der Waals surface area contributed by atoms with Gasteiger partial charge in [-0.3, -0.25) is 9.98 Å². The molecule has 7 nitrogen and oxygen atoms in total. The number of nitrogens with zero attached hydrogens (tertiary/aromatic N) is 2. The van der Waals surface area contributed by atoms with Crippen molar-refractivity contribution in [3.63, 3.8) is 0 Å². The van der Waals surface area contributed by atoms with Gasteiger partial charge in [-0.15, -0.1) is 24.0 Å². The number of benzene rings is 1. The Bertz CT molecular complexity index is 937. The van der Waals surface area contributed by atoms with Crippen LogP contribution in [0.4, 0.5) is 4.39 Å². The van der Waals surface area contributed by atoms with Crippen molar-refractivity contribution in [2.45, 2.75) is 23.2 Å². The molecule has 0 aliphatic heterocycles. The molecule has 1 aromatic carbocycles. The van der Waals surface area contributed by atoms with Crippen LogP contribution in [0.3, 0.4) is 0 Å². The van der Waals surface area contributed by atoms with Crippen LogP contribution in [0, 0.1) is 5.82 Å². The lowest BCUT2D eigenvalue weighted by Crippen LogP contribution is -2.44. The second-order valence-electron chi connectivity index (χ2n) is 6.73. The highest BCUT2D eigenvalue weighted by molar-refractivity contribution is 14.0. The Morgan fingerprint density at radius 3 is 2.62 bits per heavy atom. The Morgan fingerprint density at radius 1 is 1.21 bits per heavy atom. The minimum absolute atomic E-state index is 0. The molecule has 1 fully saturated rings. The lowest BCUT2D eigenvalue weighted by Gasteiger charge is -2.19. The average Bonchev–Trinajstić information content (AvgIpc) is 3.49. The smallest absolute Gasteiger partial charge is 0.242 e. The third-order valence-electron chi connectivity index (χ3n) is 4.76. The summed E-state index contributed by atoms with van der Waals surface area (Å²) >= 11 is 0. The molecule has 1 saturated carbocycles. The van der Waals surface area contributed by atoms with E-state index in [1.807, 2.05) is 6.07 Å². The molecule has 1 aromatic heterocycles. The molecule has 2 aromatic rings. The van der Waals surface area contributed by atoms with Gasteiger partial charge in [0, 0.05) is 44.5 Å². The maximum absolute atomic E-state index is 13.5. The number of halogens is 2. The molecule has 0 amide bonds. The first kappa shape index (κ1) is 23.5. The maximum atomic E-state index is 13.5. The number of rotatable bonds is 8. The predicted molar refractivity (Wildman–Crippen MR) is 122 cm³/mol. The zero-order valence-electron chi connectivity index (χ0n) is 16.1. The molecular formula is C19H25FIN5O2S. The van der Waals surface area contributed by atoms with E-state index in [1.165, 1.54) is 24.5 Å². The number of guanidine groups is 1. The fourth-order valence-corrected chi connectivity index (χ4v) is 3.96. The van der Waals surface area contributed by atoms with Crippen molar-refractivity contribution in [2.24, 2.45) is 4.99 Å². The number of hydrogen-bond acceptors (Lipinski definition) is 4. The summed E-state index contributed by atoms with van der Waals surface area (Å²) < 4.78 is 40.3. The molecule has 0 unspecified atom stereocenters. The van der Waals surface area contributed by atoms with E-state index in [9.17, 15) is 12.8 Å². The van der Waals surface area contributed by atoms with Crippen molar-refractivity contribution >= 4 is 40.0 Å².